The van der Waals surface area contributed by atoms with Crippen LogP contribution in [-0.2, 0) is 0 Å². The SMILES string of the molecule is CC(O)c1ccc2c(c1)[C@H](N1CCCCC1)[C@@H](O)C(C)(C)O2. The molecule has 1 fully saturated rings. The highest BCUT2D eigenvalue weighted by Gasteiger charge is 2.45. The molecule has 4 heteroatoms. The van der Waals surface area contributed by atoms with E-state index >= 15 is 0 Å². The molecular formula is C18H27NO3. The Kier molecular flexibility index (Phi) is 4.19. The third kappa shape index (κ3) is 2.75. The Labute approximate surface area is 132 Å². The minimum atomic E-state index is -0.610. The monoisotopic (exact) mass is 305 g/mol. The molecule has 0 aromatic heterocycles. The lowest BCUT2D eigenvalue weighted by atomic mass is 9.84. The van der Waals surface area contributed by atoms with Crippen LogP contribution in [0.4, 0.5) is 0 Å². The molecule has 122 valence electrons. The van der Waals surface area contributed by atoms with E-state index in [1.807, 2.05) is 32.0 Å². The zero-order chi connectivity index (χ0) is 15.9. The molecule has 2 heterocycles. The van der Waals surface area contributed by atoms with E-state index in [9.17, 15) is 10.2 Å². The van der Waals surface area contributed by atoms with Crippen molar-refractivity contribution < 1.29 is 14.9 Å². The van der Waals surface area contributed by atoms with E-state index < -0.39 is 17.8 Å². The standard InChI is InChI=1S/C18H27NO3/c1-12(20)13-7-8-15-14(11-13)16(17(21)18(2,3)22-15)19-9-5-4-6-10-19/h7-8,11-12,16-17,20-21H,4-6,9-10H2,1-3H3/t12?,16-,17+/m0/s1. The summed E-state index contributed by atoms with van der Waals surface area (Å²) in [5, 5.41) is 20.8. The number of aliphatic hydroxyl groups is 2. The summed E-state index contributed by atoms with van der Waals surface area (Å²) in [7, 11) is 0. The van der Waals surface area contributed by atoms with Crippen molar-refractivity contribution in [2.24, 2.45) is 0 Å². The maximum Gasteiger partial charge on any atom is 0.131 e. The van der Waals surface area contributed by atoms with Crippen molar-refractivity contribution in [2.45, 2.75) is 63.9 Å². The first kappa shape index (κ1) is 15.8. The van der Waals surface area contributed by atoms with Gasteiger partial charge in [-0.25, -0.2) is 0 Å². The molecule has 0 bridgehead atoms. The molecule has 0 amide bonds. The van der Waals surface area contributed by atoms with E-state index in [-0.39, 0.29) is 6.04 Å². The number of hydrogen-bond donors (Lipinski definition) is 2. The van der Waals surface area contributed by atoms with Crippen molar-refractivity contribution in [3.05, 3.63) is 29.3 Å². The van der Waals surface area contributed by atoms with Gasteiger partial charge in [-0.3, -0.25) is 4.90 Å². The Hall–Kier alpha value is -1.10. The Balaban J connectivity index is 2.04. The Morgan fingerprint density at radius 3 is 2.55 bits per heavy atom. The highest BCUT2D eigenvalue weighted by molar-refractivity contribution is 5.43. The molecule has 0 aliphatic carbocycles. The maximum absolute atomic E-state index is 10.9. The van der Waals surface area contributed by atoms with Gasteiger partial charge in [-0.05, 0) is 64.4 Å². The largest absolute Gasteiger partial charge is 0.485 e. The van der Waals surface area contributed by atoms with Gasteiger partial charge in [0.15, 0.2) is 0 Å². The van der Waals surface area contributed by atoms with Crippen molar-refractivity contribution in [1.82, 2.24) is 4.90 Å². The first-order chi connectivity index (χ1) is 10.4. The summed E-state index contributed by atoms with van der Waals surface area (Å²) in [5.41, 5.74) is 1.27. The van der Waals surface area contributed by atoms with Gasteiger partial charge in [0.2, 0.25) is 0 Å². The van der Waals surface area contributed by atoms with Gasteiger partial charge in [0.1, 0.15) is 17.5 Å². The highest BCUT2D eigenvalue weighted by Crippen LogP contribution is 2.44. The number of ether oxygens (including phenoxy) is 1. The Morgan fingerprint density at radius 1 is 1.23 bits per heavy atom. The van der Waals surface area contributed by atoms with Crippen LogP contribution in [0.1, 0.15) is 63.3 Å². The Bertz CT molecular complexity index is 535. The van der Waals surface area contributed by atoms with Crippen LogP contribution in [-0.4, -0.2) is 39.9 Å². The van der Waals surface area contributed by atoms with Gasteiger partial charge in [-0.2, -0.15) is 0 Å². The van der Waals surface area contributed by atoms with E-state index in [4.69, 9.17) is 4.74 Å². The van der Waals surface area contributed by atoms with E-state index in [0.29, 0.717) is 0 Å². The number of nitrogens with zero attached hydrogens (tertiary/aromatic N) is 1. The smallest absolute Gasteiger partial charge is 0.131 e. The molecule has 3 rings (SSSR count). The van der Waals surface area contributed by atoms with Crippen molar-refractivity contribution in [3.8, 4) is 5.75 Å². The van der Waals surface area contributed by atoms with Gasteiger partial charge in [0.25, 0.3) is 0 Å². The fourth-order valence-corrected chi connectivity index (χ4v) is 3.64. The molecule has 3 atom stereocenters. The van der Waals surface area contributed by atoms with Crippen molar-refractivity contribution in [2.75, 3.05) is 13.1 Å². The van der Waals surface area contributed by atoms with Gasteiger partial charge in [0, 0.05) is 5.56 Å². The van der Waals surface area contributed by atoms with Gasteiger partial charge in [-0.15, -0.1) is 0 Å². The second kappa shape index (κ2) is 5.84. The third-order valence-electron chi connectivity index (χ3n) is 5.00. The summed E-state index contributed by atoms with van der Waals surface area (Å²) in [6.07, 6.45) is 2.52. The minimum absolute atomic E-state index is 0.0576. The first-order valence-electron chi connectivity index (χ1n) is 8.33. The Morgan fingerprint density at radius 2 is 1.91 bits per heavy atom. The topological polar surface area (TPSA) is 52.9 Å². The van der Waals surface area contributed by atoms with Crippen molar-refractivity contribution in [3.63, 3.8) is 0 Å². The second-order valence-electron chi connectivity index (χ2n) is 7.17. The van der Waals surface area contributed by atoms with Crippen LogP contribution in [0.3, 0.4) is 0 Å². The molecule has 2 aliphatic rings. The lowest BCUT2D eigenvalue weighted by molar-refractivity contribution is -0.0962. The fourth-order valence-electron chi connectivity index (χ4n) is 3.64. The number of hydrogen-bond acceptors (Lipinski definition) is 4. The molecule has 22 heavy (non-hydrogen) atoms. The van der Waals surface area contributed by atoms with E-state index in [2.05, 4.69) is 4.90 Å². The fraction of sp³-hybridized carbons (Fsp3) is 0.667. The van der Waals surface area contributed by atoms with E-state index in [1.54, 1.807) is 6.92 Å². The summed E-state index contributed by atoms with van der Waals surface area (Å²) < 4.78 is 6.03. The average molecular weight is 305 g/mol. The molecule has 0 saturated carbocycles. The van der Waals surface area contributed by atoms with Gasteiger partial charge in [-0.1, -0.05) is 12.5 Å². The second-order valence-corrected chi connectivity index (χ2v) is 7.17. The van der Waals surface area contributed by atoms with E-state index in [1.165, 1.54) is 19.3 Å². The molecule has 0 spiro atoms. The molecular weight excluding hydrogens is 278 g/mol. The van der Waals surface area contributed by atoms with Gasteiger partial charge < -0.3 is 14.9 Å². The van der Waals surface area contributed by atoms with Crippen molar-refractivity contribution in [1.29, 1.82) is 0 Å². The van der Waals surface area contributed by atoms with Crippen LogP contribution in [0.15, 0.2) is 18.2 Å². The number of benzene rings is 1. The van der Waals surface area contributed by atoms with Gasteiger partial charge >= 0.3 is 0 Å². The molecule has 1 unspecified atom stereocenters. The third-order valence-corrected chi connectivity index (χ3v) is 5.00. The number of likely N-dealkylation sites (tertiary alicyclic amines) is 1. The highest BCUT2D eigenvalue weighted by atomic mass is 16.5. The normalized spacial score (nSPS) is 29.5. The molecule has 2 N–H and O–H groups in total. The van der Waals surface area contributed by atoms with Crippen LogP contribution in [0.25, 0.3) is 0 Å². The van der Waals surface area contributed by atoms with Crippen LogP contribution in [0.2, 0.25) is 0 Å². The predicted molar refractivity (Wildman–Crippen MR) is 86.0 cm³/mol. The summed E-state index contributed by atoms with van der Waals surface area (Å²) >= 11 is 0. The lowest BCUT2D eigenvalue weighted by Gasteiger charge is -2.47. The van der Waals surface area contributed by atoms with E-state index in [0.717, 1.165) is 30.0 Å². The number of rotatable bonds is 2. The zero-order valence-corrected chi connectivity index (χ0v) is 13.7. The molecule has 1 aromatic rings. The van der Waals surface area contributed by atoms with Crippen LogP contribution >= 0.6 is 0 Å². The van der Waals surface area contributed by atoms with Gasteiger partial charge in [0.05, 0.1) is 12.1 Å². The van der Waals surface area contributed by atoms with Crippen LogP contribution < -0.4 is 4.74 Å². The number of fused-ring (bicyclic) bond motifs is 1. The molecule has 2 aliphatic heterocycles. The average Bonchev–Trinajstić information content (AvgIpc) is 2.48. The molecule has 0 radical (unpaired) electrons. The minimum Gasteiger partial charge on any atom is -0.485 e. The molecule has 1 aromatic carbocycles. The number of aliphatic hydroxyl groups excluding tert-OH is 2. The summed E-state index contributed by atoms with van der Waals surface area (Å²) in [5.74, 6) is 0.829. The maximum atomic E-state index is 10.9. The number of piperidine rings is 1. The summed E-state index contributed by atoms with van der Waals surface area (Å²) in [6.45, 7) is 7.67. The van der Waals surface area contributed by atoms with Crippen LogP contribution in [0.5, 0.6) is 5.75 Å². The summed E-state index contributed by atoms with van der Waals surface area (Å²) in [4.78, 5) is 2.38. The quantitative estimate of drug-likeness (QED) is 0.882. The first-order valence-corrected chi connectivity index (χ1v) is 8.33. The molecule has 4 nitrogen and oxygen atoms in total. The molecule has 1 saturated heterocycles. The lowest BCUT2D eigenvalue weighted by Crippen LogP contribution is -2.54. The van der Waals surface area contributed by atoms with Crippen molar-refractivity contribution >= 4 is 0 Å². The zero-order valence-electron chi connectivity index (χ0n) is 13.7. The predicted octanol–water partition coefficient (Wildman–Crippen LogP) is 2.80. The van der Waals surface area contributed by atoms with Crippen LogP contribution in [0, 0.1) is 0 Å². The summed E-state index contributed by atoms with van der Waals surface area (Å²) in [6, 6.07) is 5.78.